The summed E-state index contributed by atoms with van der Waals surface area (Å²) in [5, 5.41) is 34.9. The van der Waals surface area contributed by atoms with Crippen LogP contribution in [-0.2, 0) is 0 Å². The zero-order valence-corrected chi connectivity index (χ0v) is 31.1. The number of nitrogens with one attached hydrogen (secondary N) is 2. The van der Waals surface area contributed by atoms with E-state index in [9.17, 15) is 29.7 Å². The van der Waals surface area contributed by atoms with Crippen molar-refractivity contribution in [3.8, 4) is 0 Å². The van der Waals surface area contributed by atoms with Crippen LogP contribution in [-0.4, -0.2) is 61.7 Å². The molecule has 0 saturated heterocycles. The average molecular weight is 783 g/mol. The van der Waals surface area contributed by atoms with Gasteiger partial charge in [-0.1, -0.05) is 72.3 Å². The Hall–Kier alpha value is -7.40. The van der Waals surface area contributed by atoms with Gasteiger partial charge in [0.25, 0.3) is 0 Å². The first-order chi connectivity index (χ1) is 28.1. The van der Waals surface area contributed by atoms with Crippen molar-refractivity contribution in [2.45, 2.75) is 12.1 Å². The minimum atomic E-state index is -1.03. The third-order valence-electron chi connectivity index (χ3n) is 10.5. The van der Waals surface area contributed by atoms with E-state index in [1.807, 2.05) is 60.7 Å². The van der Waals surface area contributed by atoms with E-state index >= 15 is 0 Å². The second-order valence-corrected chi connectivity index (χ2v) is 14.4. The van der Waals surface area contributed by atoms with Gasteiger partial charge in [-0.05, 0) is 107 Å². The van der Waals surface area contributed by atoms with Crippen molar-refractivity contribution in [1.82, 2.24) is 10.3 Å². The molecule has 0 radical (unpaired) electrons. The smallest absolute Gasteiger partial charge is 0.335 e. The van der Waals surface area contributed by atoms with Crippen LogP contribution < -0.4 is 16.0 Å². The van der Waals surface area contributed by atoms with Gasteiger partial charge in [-0.2, -0.15) is 0 Å². The first kappa shape index (κ1) is 36.3. The summed E-state index contributed by atoms with van der Waals surface area (Å²) in [6, 6.07) is 30.8. The summed E-state index contributed by atoms with van der Waals surface area (Å²) in [7, 11) is 0. The molecule has 8 bridgehead atoms. The molecule has 5 N–H and O–H groups in total. The number of fused-ring (bicyclic) bond motifs is 6. The number of nitrogens with zero attached hydrogens (tertiary/aromatic N) is 2. The SMILES string of the molecule is O=C(O)c1ccc(/C2=C3\C=CC(=N3)/C(c3ccc(Cl)cc3)=C3/C=CC(=N3)/C(c3ccc(C(=O)O)cc3)=c3/cc/c([nH]3)=C(\c3ccc(C(=O)O)cc3)C3C=CC2N3)cc1. The molecule has 9 rings (SSSR count). The van der Waals surface area contributed by atoms with Crippen LogP contribution in [0, 0.1) is 0 Å². The number of carboxylic acid groups (broad SMARTS) is 3. The maximum atomic E-state index is 11.8. The number of aliphatic imine (C=N–C) groups is 2. The van der Waals surface area contributed by atoms with Gasteiger partial charge in [-0.15, -0.1) is 0 Å². The molecule has 4 aliphatic rings. The number of aromatic nitrogens is 1. The largest absolute Gasteiger partial charge is 0.478 e. The monoisotopic (exact) mass is 782 g/mol. The van der Waals surface area contributed by atoms with Crippen LogP contribution in [0.1, 0.15) is 53.3 Å². The Morgan fingerprint density at radius 1 is 0.483 bits per heavy atom. The normalized spacial score (nSPS) is 22.6. The molecule has 0 amide bonds. The van der Waals surface area contributed by atoms with Gasteiger partial charge in [0.2, 0.25) is 0 Å². The van der Waals surface area contributed by atoms with Crippen LogP contribution in [0.5, 0.6) is 0 Å². The molecule has 2 atom stereocenters. The van der Waals surface area contributed by atoms with E-state index < -0.39 is 17.9 Å². The zero-order valence-electron chi connectivity index (χ0n) is 30.3. The molecule has 58 heavy (non-hydrogen) atoms. The van der Waals surface area contributed by atoms with Gasteiger partial charge in [0, 0.05) is 38.0 Å². The molecule has 282 valence electrons. The molecule has 10 nitrogen and oxygen atoms in total. The van der Waals surface area contributed by atoms with E-state index in [2.05, 4.69) is 22.5 Å². The van der Waals surface area contributed by atoms with Gasteiger partial charge in [-0.3, -0.25) is 5.32 Å². The lowest BCUT2D eigenvalue weighted by Crippen LogP contribution is -2.35. The zero-order chi connectivity index (χ0) is 40.1. The molecule has 4 aromatic carbocycles. The fourth-order valence-electron chi connectivity index (χ4n) is 7.71. The summed E-state index contributed by atoms with van der Waals surface area (Å²) < 4.78 is 0. The molecule has 0 aliphatic carbocycles. The third-order valence-corrected chi connectivity index (χ3v) is 10.7. The number of hydrogen-bond acceptors (Lipinski definition) is 6. The first-order valence-electron chi connectivity index (χ1n) is 18.3. The summed E-state index contributed by atoms with van der Waals surface area (Å²) in [4.78, 5) is 49.6. The highest BCUT2D eigenvalue weighted by Gasteiger charge is 2.30. The van der Waals surface area contributed by atoms with Crippen molar-refractivity contribution in [2.75, 3.05) is 0 Å². The van der Waals surface area contributed by atoms with Crippen molar-refractivity contribution in [1.29, 1.82) is 0 Å². The molecule has 1 aromatic heterocycles. The lowest BCUT2D eigenvalue weighted by Gasteiger charge is -2.22. The van der Waals surface area contributed by atoms with Crippen LogP contribution in [0.15, 0.2) is 167 Å². The number of benzene rings is 4. The van der Waals surface area contributed by atoms with Crippen LogP contribution in [0.2, 0.25) is 5.02 Å². The van der Waals surface area contributed by atoms with Crippen molar-refractivity contribution in [2.24, 2.45) is 9.98 Å². The van der Waals surface area contributed by atoms with Gasteiger partial charge in [-0.25, -0.2) is 24.4 Å². The summed E-state index contributed by atoms with van der Waals surface area (Å²) >= 11 is 6.35. The highest BCUT2D eigenvalue weighted by molar-refractivity contribution is 6.35. The van der Waals surface area contributed by atoms with E-state index in [4.69, 9.17) is 21.6 Å². The minimum absolute atomic E-state index is 0.153. The molecule has 0 spiro atoms. The number of halogens is 1. The van der Waals surface area contributed by atoms with E-state index in [-0.39, 0.29) is 28.8 Å². The van der Waals surface area contributed by atoms with Gasteiger partial charge in [0.15, 0.2) is 0 Å². The van der Waals surface area contributed by atoms with E-state index in [0.717, 1.165) is 55.2 Å². The second-order valence-electron chi connectivity index (χ2n) is 14.0. The molecular weight excluding hydrogens is 752 g/mol. The molecule has 5 aromatic rings. The fourth-order valence-corrected chi connectivity index (χ4v) is 7.84. The predicted molar refractivity (Wildman–Crippen MR) is 224 cm³/mol. The number of carbonyl (C=O) groups is 3. The maximum Gasteiger partial charge on any atom is 0.335 e. The molecule has 5 heterocycles. The fraction of sp³-hybridized carbons (Fsp3) is 0.0426. The summed E-state index contributed by atoms with van der Waals surface area (Å²) in [5.74, 6) is -3.09. The number of allylic oxidation sites excluding steroid dienone is 5. The van der Waals surface area contributed by atoms with Gasteiger partial charge in [0.1, 0.15) is 0 Å². The maximum absolute atomic E-state index is 11.8. The number of aromatic carboxylic acids is 3. The number of aromatic amines is 1. The number of rotatable bonds is 7. The minimum Gasteiger partial charge on any atom is -0.478 e. The van der Waals surface area contributed by atoms with Crippen molar-refractivity contribution in [3.05, 3.63) is 212 Å². The molecule has 0 fully saturated rings. The number of carboxylic acids is 3. The molecule has 11 heteroatoms. The molecule has 0 saturated carbocycles. The Balaban J connectivity index is 1.34. The molecular formula is C47H31ClN4O6. The third kappa shape index (κ3) is 6.66. The second kappa shape index (κ2) is 14.6. The van der Waals surface area contributed by atoms with Gasteiger partial charge >= 0.3 is 17.9 Å². The number of hydrogen-bond donors (Lipinski definition) is 5. The Bertz CT molecular complexity index is 2930. The standard InChI is InChI=1S/C47H31ClN4O6/c48-32-15-13-28(14-16-32)44-39-23-21-37(51-39)42(26-3-9-30(10-4-26)46(55)56)35-19-17-33(49-35)41(25-1-7-29(8-2-25)45(53)54)34-18-20-36(50-34)43(38-22-24-40(44)52-38)27-5-11-31(12-6-27)47(57)58/h1-24,33,35,49-50H,(H,53,54)(H,55,56)(H,57,58)/b41-34-,42-37-,43-36-,44-40-. The van der Waals surface area contributed by atoms with Crippen molar-refractivity contribution < 1.29 is 29.7 Å². The Kier molecular flexibility index (Phi) is 9.12. The quantitative estimate of drug-likeness (QED) is 0.112. The highest BCUT2D eigenvalue weighted by atomic mass is 35.5. The van der Waals surface area contributed by atoms with E-state index in [1.165, 1.54) is 0 Å². The topological polar surface area (TPSA) is 164 Å². The van der Waals surface area contributed by atoms with Crippen molar-refractivity contribution >= 4 is 63.2 Å². The Labute approximate surface area is 335 Å². The van der Waals surface area contributed by atoms with Gasteiger partial charge < -0.3 is 20.3 Å². The molecule has 2 unspecified atom stereocenters. The van der Waals surface area contributed by atoms with E-state index in [1.54, 1.807) is 72.8 Å². The van der Waals surface area contributed by atoms with E-state index in [0.29, 0.717) is 27.8 Å². The lowest BCUT2D eigenvalue weighted by molar-refractivity contribution is 0.0686. The van der Waals surface area contributed by atoms with Crippen molar-refractivity contribution in [3.63, 3.8) is 0 Å². The van der Waals surface area contributed by atoms with Crippen LogP contribution in [0.25, 0.3) is 22.3 Å². The van der Waals surface area contributed by atoms with Crippen LogP contribution in [0.3, 0.4) is 0 Å². The summed E-state index contributed by atoms with van der Waals surface area (Å²) in [6.45, 7) is 0. The van der Waals surface area contributed by atoms with Gasteiger partial charge in [0.05, 0.1) is 51.6 Å². The Morgan fingerprint density at radius 3 is 1.48 bits per heavy atom. The average Bonchev–Trinajstić information content (AvgIpc) is 4.07. The lowest BCUT2D eigenvalue weighted by atomic mass is 9.95. The highest BCUT2D eigenvalue weighted by Crippen LogP contribution is 2.36. The summed E-state index contributed by atoms with van der Waals surface area (Å²) in [5.41, 5.74) is 9.42. The molecule has 4 aliphatic heterocycles. The van der Waals surface area contributed by atoms with Crippen LogP contribution in [0.4, 0.5) is 0 Å². The Morgan fingerprint density at radius 2 is 0.914 bits per heavy atom. The predicted octanol–water partition coefficient (Wildman–Crippen LogP) is 6.92. The first-order valence-corrected chi connectivity index (χ1v) is 18.7. The number of H-pyrrole nitrogens is 1. The van der Waals surface area contributed by atoms with Crippen LogP contribution >= 0.6 is 11.6 Å². The summed E-state index contributed by atoms with van der Waals surface area (Å²) in [6.07, 6.45) is 11.9.